The number of pyridine rings is 2. The molecule has 6 nitrogen and oxygen atoms in total. The van der Waals surface area contributed by atoms with E-state index in [0.717, 1.165) is 62.5 Å². The fourth-order valence-corrected chi connectivity index (χ4v) is 5.98. The maximum atomic E-state index is 12.4. The first-order valence-electron chi connectivity index (χ1n) is 11.1. The molecule has 0 bridgehead atoms. The standard InChI is InChI=1S/C24H26N4O2S/c29-23-5-4-16-2-1-3-20-17(14-28(23)24(16)20)13-27-8-6-18(7-9-27)25-11-19-10-22-21(12-26-19)30-15-31-22/h1-5,10,12,17-18,25H,6-9,11,13-15H2. The highest BCUT2D eigenvalue weighted by atomic mass is 32.2. The van der Waals surface area contributed by atoms with Crippen molar-refractivity contribution in [2.24, 2.45) is 0 Å². The highest BCUT2D eigenvalue weighted by Gasteiger charge is 2.28. The van der Waals surface area contributed by atoms with Crippen molar-refractivity contribution in [3.8, 4) is 5.75 Å². The van der Waals surface area contributed by atoms with Crippen LogP contribution in [0.5, 0.6) is 5.75 Å². The number of fused-ring (bicyclic) bond motifs is 1. The third-order valence-corrected chi connectivity index (χ3v) is 7.70. The van der Waals surface area contributed by atoms with E-state index in [1.54, 1.807) is 17.8 Å². The molecule has 1 saturated heterocycles. The van der Waals surface area contributed by atoms with Crippen molar-refractivity contribution < 1.29 is 4.74 Å². The molecule has 0 radical (unpaired) electrons. The summed E-state index contributed by atoms with van der Waals surface area (Å²) in [7, 11) is 0. The van der Waals surface area contributed by atoms with Crippen molar-refractivity contribution in [2.45, 2.75) is 42.8 Å². The average molecular weight is 435 g/mol. The summed E-state index contributed by atoms with van der Waals surface area (Å²) in [5.41, 5.74) is 3.68. The normalized spacial score (nSPS) is 20.8. The molecule has 1 aromatic carbocycles. The van der Waals surface area contributed by atoms with Crippen LogP contribution in [0.3, 0.4) is 0 Å². The van der Waals surface area contributed by atoms with Crippen LogP contribution in [0.4, 0.5) is 0 Å². The first-order chi connectivity index (χ1) is 15.2. The molecule has 0 saturated carbocycles. The Balaban J connectivity index is 1.05. The number of benzene rings is 1. The molecular weight excluding hydrogens is 408 g/mol. The maximum Gasteiger partial charge on any atom is 0.251 e. The number of ether oxygens (including phenoxy) is 1. The van der Waals surface area contributed by atoms with Crippen LogP contribution in [0.25, 0.3) is 10.9 Å². The lowest BCUT2D eigenvalue weighted by molar-refractivity contribution is 0.184. The molecule has 160 valence electrons. The van der Waals surface area contributed by atoms with Gasteiger partial charge in [0.15, 0.2) is 5.75 Å². The predicted molar refractivity (Wildman–Crippen MR) is 123 cm³/mol. The second kappa shape index (κ2) is 7.97. The summed E-state index contributed by atoms with van der Waals surface area (Å²) < 4.78 is 7.48. The topological polar surface area (TPSA) is 59.4 Å². The quantitative estimate of drug-likeness (QED) is 0.666. The van der Waals surface area contributed by atoms with Crippen LogP contribution in [-0.4, -0.2) is 46.1 Å². The van der Waals surface area contributed by atoms with Crippen LogP contribution in [-0.2, 0) is 13.1 Å². The highest BCUT2D eigenvalue weighted by Crippen LogP contribution is 2.36. The van der Waals surface area contributed by atoms with E-state index < -0.39 is 0 Å². The van der Waals surface area contributed by atoms with Crippen molar-refractivity contribution in [2.75, 3.05) is 25.6 Å². The first-order valence-corrected chi connectivity index (χ1v) is 12.1. The number of aromatic nitrogens is 2. The number of hydrogen-bond acceptors (Lipinski definition) is 6. The van der Waals surface area contributed by atoms with Crippen LogP contribution in [0, 0.1) is 0 Å². The molecule has 7 heteroatoms. The average Bonchev–Trinajstić information content (AvgIpc) is 3.42. The van der Waals surface area contributed by atoms with E-state index in [-0.39, 0.29) is 5.56 Å². The Bertz CT molecular complexity index is 1190. The number of rotatable bonds is 5. The Hall–Kier alpha value is -2.35. The van der Waals surface area contributed by atoms with Crippen molar-refractivity contribution in [3.63, 3.8) is 0 Å². The number of hydrogen-bond donors (Lipinski definition) is 1. The lowest BCUT2D eigenvalue weighted by Gasteiger charge is -2.34. The molecule has 0 amide bonds. The third-order valence-electron chi connectivity index (χ3n) is 6.84. The minimum Gasteiger partial charge on any atom is -0.480 e. The first kappa shape index (κ1) is 19.3. The summed E-state index contributed by atoms with van der Waals surface area (Å²) in [5.74, 6) is 2.01. The van der Waals surface area contributed by atoms with E-state index in [1.165, 1.54) is 15.8 Å². The molecule has 0 aliphatic carbocycles. The van der Waals surface area contributed by atoms with Gasteiger partial charge in [-0.15, -0.1) is 0 Å². The molecule has 3 aromatic rings. The Morgan fingerprint density at radius 1 is 1.19 bits per heavy atom. The van der Waals surface area contributed by atoms with Crippen LogP contribution in [0.1, 0.15) is 30.0 Å². The van der Waals surface area contributed by atoms with Crippen LogP contribution in [0.15, 0.2) is 52.3 Å². The second-order valence-corrected chi connectivity index (χ2v) is 9.71. The van der Waals surface area contributed by atoms with Gasteiger partial charge < -0.3 is 19.5 Å². The molecule has 1 atom stereocenters. The molecule has 2 aromatic heterocycles. The SMILES string of the molecule is O=c1ccc2cccc3c2n1CC3CN1CCC(NCc2cc3c(cn2)OCS3)CC1. The van der Waals surface area contributed by atoms with Gasteiger partial charge in [-0.1, -0.05) is 30.0 Å². The molecule has 0 spiro atoms. The second-order valence-electron chi connectivity index (χ2n) is 8.75. The Labute approximate surface area is 185 Å². The number of likely N-dealkylation sites (tertiary alicyclic amines) is 1. The lowest BCUT2D eigenvalue weighted by Crippen LogP contribution is -2.43. The van der Waals surface area contributed by atoms with E-state index in [4.69, 9.17) is 4.74 Å². The van der Waals surface area contributed by atoms with Gasteiger partial charge in [-0.3, -0.25) is 9.78 Å². The largest absolute Gasteiger partial charge is 0.480 e. The molecule has 1 unspecified atom stereocenters. The monoisotopic (exact) mass is 434 g/mol. The summed E-state index contributed by atoms with van der Waals surface area (Å²) in [6.07, 6.45) is 4.14. The van der Waals surface area contributed by atoms with Crippen molar-refractivity contribution in [3.05, 3.63) is 64.2 Å². The minimum atomic E-state index is 0.121. The number of nitrogens with zero attached hydrogens (tertiary/aromatic N) is 3. The molecular formula is C24H26N4O2S. The number of thioether (sulfide) groups is 1. The van der Waals surface area contributed by atoms with Crippen LogP contribution < -0.4 is 15.6 Å². The number of piperidine rings is 1. The summed E-state index contributed by atoms with van der Waals surface area (Å²) >= 11 is 1.74. The molecule has 1 fully saturated rings. The smallest absolute Gasteiger partial charge is 0.251 e. The third kappa shape index (κ3) is 3.64. The Morgan fingerprint density at radius 3 is 3.00 bits per heavy atom. The van der Waals surface area contributed by atoms with Gasteiger partial charge in [0.05, 0.1) is 22.3 Å². The van der Waals surface area contributed by atoms with Gasteiger partial charge in [-0.2, -0.15) is 0 Å². The molecule has 31 heavy (non-hydrogen) atoms. The van der Waals surface area contributed by atoms with Gasteiger partial charge in [0, 0.05) is 37.7 Å². The van der Waals surface area contributed by atoms with E-state index in [0.29, 0.717) is 17.9 Å². The maximum absolute atomic E-state index is 12.4. The van der Waals surface area contributed by atoms with Crippen molar-refractivity contribution >= 4 is 22.7 Å². The summed E-state index contributed by atoms with van der Waals surface area (Å²) in [5, 5.41) is 4.87. The fourth-order valence-electron chi connectivity index (χ4n) is 5.19. The zero-order valence-corrected chi connectivity index (χ0v) is 18.2. The Morgan fingerprint density at radius 2 is 2.10 bits per heavy atom. The van der Waals surface area contributed by atoms with Gasteiger partial charge in [-0.05, 0) is 49.0 Å². The molecule has 6 rings (SSSR count). The zero-order chi connectivity index (χ0) is 20.8. The van der Waals surface area contributed by atoms with Gasteiger partial charge in [-0.25, -0.2) is 0 Å². The number of nitrogens with one attached hydrogen (secondary N) is 1. The van der Waals surface area contributed by atoms with Gasteiger partial charge in [0.25, 0.3) is 5.56 Å². The van der Waals surface area contributed by atoms with Gasteiger partial charge in [0.2, 0.25) is 0 Å². The van der Waals surface area contributed by atoms with Crippen molar-refractivity contribution in [1.29, 1.82) is 0 Å². The summed E-state index contributed by atoms with van der Waals surface area (Å²) in [6, 6.07) is 12.8. The fraction of sp³-hybridized carbons (Fsp3) is 0.417. The van der Waals surface area contributed by atoms with E-state index >= 15 is 0 Å². The number of para-hydroxylation sites is 1. The Kier molecular flexibility index (Phi) is 4.97. The highest BCUT2D eigenvalue weighted by molar-refractivity contribution is 7.99. The molecule has 3 aliphatic rings. The minimum absolute atomic E-state index is 0.121. The molecule has 1 N–H and O–H groups in total. The van der Waals surface area contributed by atoms with Gasteiger partial charge in [0.1, 0.15) is 5.94 Å². The van der Waals surface area contributed by atoms with Crippen LogP contribution in [0.2, 0.25) is 0 Å². The molecule has 3 aliphatic heterocycles. The van der Waals surface area contributed by atoms with E-state index in [1.807, 2.05) is 16.8 Å². The zero-order valence-electron chi connectivity index (χ0n) is 17.4. The predicted octanol–water partition coefficient (Wildman–Crippen LogP) is 3.19. The summed E-state index contributed by atoms with van der Waals surface area (Å²) in [6.45, 7) is 4.82. The molecule has 5 heterocycles. The van der Waals surface area contributed by atoms with Crippen molar-refractivity contribution in [1.82, 2.24) is 19.8 Å². The summed E-state index contributed by atoms with van der Waals surface area (Å²) in [4.78, 5) is 20.7. The lowest BCUT2D eigenvalue weighted by atomic mass is 9.97. The van der Waals surface area contributed by atoms with E-state index in [9.17, 15) is 4.79 Å². The van der Waals surface area contributed by atoms with E-state index in [2.05, 4.69) is 39.5 Å². The van der Waals surface area contributed by atoms with Gasteiger partial charge >= 0.3 is 0 Å². The van der Waals surface area contributed by atoms with Crippen LogP contribution >= 0.6 is 11.8 Å².